The molecule has 0 N–H and O–H groups in total. The van der Waals surface area contributed by atoms with Crippen LogP contribution in [0.1, 0.15) is 48.5 Å². The Morgan fingerprint density at radius 2 is 0.978 bits per heavy atom. The average molecular weight is 617 g/mol. The molecule has 8 heteroatoms. The van der Waals surface area contributed by atoms with Gasteiger partial charge in [0.1, 0.15) is 24.7 Å². The van der Waals surface area contributed by atoms with Gasteiger partial charge in [0.2, 0.25) is 0 Å². The zero-order valence-electron chi connectivity index (χ0n) is 25.4. The first-order valence-corrected chi connectivity index (χ1v) is 14.5. The first kappa shape index (κ1) is 31.7. The third kappa shape index (κ3) is 9.15. The maximum Gasteiger partial charge on any atom is 0.343 e. The van der Waals surface area contributed by atoms with E-state index < -0.39 is 11.9 Å². The summed E-state index contributed by atoms with van der Waals surface area (Å²) in [5, 5.41) is 0. The maximum absolute atomic E-state index is 12.8. The fraction of sp³-hybridized carbons (Fsp3) is 0.105. The number of benzene rings is 5. The normalized spacial score (nSPS) is 10.6. The van der Waals surface area contributed by atoms with Gasteiger partial charge in [0, 0.05) is 6.07 Å². The van der Waals surface area contributed by atoms with Crippen LogP contribution >= 0.6 is 0 Å². The Morgan fingerprint density at radius 1 is 0.543 bits per heavy atom. The minimum Gasteiger partial charge on any atom is -0.423 e. The summed E-state index contributed by atoms with van der Waals surface area (Å²) in [6.45, 7) is 8.24. The molecule has 5 aromatic rings. The number of hydrogen-bond acceptors (Lipinski definition) is 8. The summed E-state index contributed by atoms with van der Waals surface area (Å²) in [4.78, 5) is 46.8. The van der Waals surface area contributed by atoms with Gasteiger partial charge in [-0.2, -0.15) is 9.78 Å². The van der Waals surface area contributed by atoms with E-state index in [2.05, 4.69) is 6.58 Å². The average Bonchev–Trinajstić information content (AvgIpc) is 3.07. The molecule has 0 heterocycles. The fourth-order valence-electron chi connectivity index (χ4n) is 4.16. The molecule has 0 radical (unpaired) electrons. The topological polar surface area (TPSA) is 89.5 Å². The molecule has 0 aliphatic rings. The number of carbonyl (C=O) groups excluding carboxylic acids is 2. The van der Waals surface area contributed by atoms with Crippen LogP contribution in [-0.2, 0) is 23.0 Å². The van der Waals surface area contributed by atoms with Crippen LogP contribution in [0.15, 0.2) is 122 Å². The second-order valence-corrected chi connectivity index (χ2v) is 10.4. The van der Waals surface area contributed by atoms with E-state index in [1.54, 1.807) is 42.5 Å². The van der Waals surface area contributed by atoms with Crippen molar-refractivity contribution in [2.75, 3.05) is 0 Å². The molecule has 0 aliphatic carbocycles. The van der Waals surface area contributed by atoms with Gasteiger partial charge in [-0.25, -0.2) is 9.59 Å². The Hall–Kier alpha value is -5.70. The first-order valence-electron chi connectivity index (χ1n) is 14.5. The number of hydrogen-bond donors (Lipinski definition) is 0. The molecular formula is C38H32O8. The highest BCUT2D eigenvalue weighted by Gasteiger charge is 2.13. The summed E-state index contributed by atoms with van der Waals surface area (Å²) in [5.41, 5.74) is 5.44. The lowest BCUT2D eigenvalue weighted by Crippen LogP contribution is -2.10. The molecule has 0 aliphatic heterocycles. The highest BCUT2D eigenvalue weighted by Crippen LogP contribution is 2.26. The second-order valence-electron chi connectivity index (χ2n) is 10.4. The van der Waals surface area contributed by atoms with Gasteiger partial charge in [-0.1, -0.05) is 72.3 Å². The summed E-state index contributed by atoms with van der Waals surface area (Å²) in [7, 11) is 0. The van der Waals surface area contributed by atoms with E-state index in [9.17, 15) is 9.59 Å². The summed E-state index contributed by atoms with van der Waals surface area (Å²) in [6.07, 6.45) is 1.60. The summed E-state index contributed by atoms with van der Waals surface area (Å²) >= 11 is 0. The van der Waals surface area contributed by atoms with E-state index in [1.165, 1.54) is 35.9 Å². The van der Waals surface area contributed by atoms with Gasteiger partial charge in [0.25, 0.3) is 0 Å². The predicted molar refractivity (Wildman–Crippen MR) is 173 cm³/mol. The van der Waals surface area contributed by atoms with Crippen molar-refractivity contribution in [1.29, 1.82) is 0 Å². The third-order valence-electron chi connectivity index (χ3n) is 6.74. The smallest absolute Gasteiger partial charge is 0.343 e. The quantitative estimate of drug-likeness (QED) is 0.0564. The zero-order valence-corrected chi connectivity index (χ0v) is 25.4. The summed E-state index contributed by atoms with van der Waals surface area (Å²) in [6, 6.07) is 33.3. The van der Waals surface area contributed by atoms with E-state index >= 15 is 0 Å². The molecule has 0 amide bonds. The van der Waals surface area contributed by atoms with E-state index in [-0.39, 0.29) is 17.9 Å². The Labute approximate surface area is 267 Å². The molecule has 0 saturated heterocycles. The number of aryl methyl sites for hydroxylation is 2. The van der Waals surface area contributed by atoms with Crippen LogP contribution in [0.2, 0.25) is 0 Å². The molecule has 5 rings (SSSR count). The molecule has 46 heavy (non-hydrogen) atoms. The highest BCUT2D eigenvalue weighted by atomic mass is 17.2. The van der Waals surface area contributed by atoms with Gasteiger partial charge >= 0.3 is 11.9 Å². The molecule has 232 valence electrons. The van der Waals surface area contributed by atoms with Gasteiger partial charge in [-0.15, -0.1) is 0 Å². The fourth-order valence-corrected chi connectivity index (χ4v) is 4.16. The van der Waals surface area contributed by atoms with Gasteiger partial charge in [0.05, 0.1) is 11.1 Å². The van der Waals surface area contributed by atoms with Crippen molar-refractivity contribution in [3.05, 3.63) is 161 Å². The molecule has 5 aromatic carbocycles. The Balaban J connectivity index is 1.10. The van der Waals surface area contributed by atoms with Gasteiger partial charge in [0.15, 0.2) is 11.5 Å². The van der Waals surface area contributed by atoms with Crippen LogP contribution in [0.4, 0.5) is 0 Å². The van der Waals surface area contributed by atoms with E-state index in [1.807, 2.05) is 62.4 Å². The van der Waals surface area contributed by atoms with Crippen LogP contribution in [0, 0.1) is 13.8 Å². The number of carbonyl (C=O) groups is 2. The minimum absolute atomic E-state index is 0.152. The maximum atomic E-state index is 12.8. The predicted octanol–water partition coefficient (Wildman–Crippen LogP) is 8.41. The summed E-state index contributed by atoms with van der Waals surface area (Å²) < 4.78 is 11.0. The number of esters is 2. The molecule has 0 bridgehead atoms. The largest absolute Gasteiger partial charge is 0.423 e. The molecular weight excluding hydrogens is 584 g/mol. The van der Waals surface area contributed by atoms with Crippen molar-refractivity contribution in [3.63, 3.8) is 0 Å². The first-order chi connectivity index (χ1) is 22.3. The van der Waals surface area contributed by atoms with Crippen LogP contribution in [-0.4, -0.2) is 11.9 Å². The van der Waals surface area contributed by atoms with Gasteiger partial charge in [-0.3, -0.25) is 0 Å². The minimum atomic E-state index is -0.602. The molecule has 0 atom stereocenters. The Kier molecular flexibility index (Phi) is 10.6. The molecule has 0 saturated carbocycles. The van der Waals surface area contributed by atoms with Gasteiger partial charge in [-0.05, 0) is 91.2 Å². The van der Waals surface area contributed by atoms with Crippen LogP contribution in [0.5, 0.6) is 23.0 Å². The van der Waals surface area contributed by atoms with Crippen molar-refractivity contribution in [1.82, 2.24) is 0 Å². The van der Waals surface area contributed by atoms with Crippen molar-refractivity contribution >= 4 is 18.0 Å². The van der Waals surface area contributed by atoms with Crippen LogP contribution in [0.3, 0.4) is 0 Å². The van der Waals surface area contributed by atoms with Crippen molar-refractivity contribution < 1.29 is 38.6 Å². The lowest BCUT2D eigenvalue weighted by molar-refractivity contribution is -0.218. The van der Waals surface area contributed by atoms with Crippen LogP contribution in [0.25, 0.3) is 6.08 Å². The molecule has 8 nitrogen and oxygen atoms in total. The van der Waals surface area contributed by atoms with E-state index in [0.717, 1.165) is 16.7 Å². The lowest BCUT2D eigenvalue weighted by Gasteiger charge is -2.10. The molecule has 0 spiro atoms. The number of ether oxygens (including phenoxy) is 2. The highest BCUT2D eigenvalue weighted by molar-refractivity contribution is 5.92. The van der Waals surface area contributed by atoms with Crippen LogP contribution < -0.4 is 19.2 Å². The van der Waals surface area contributed by atoms with Crippen molar-refractivity contribution in [3.8, 4) is 23.0 Å². The lowest BCUT2D eigenvalue weighted by atomic mass is 10.1. The molecule has 0 unspecified atom stereocenters. The Morgan fingerprint density at radius 3 is 1.54 bits per heavy atom. The summed E-state index contributed by atoms with van der Waals surface area (Å²) in [5.74, 6) is 0.328. The number of rotatable bonds is 13. The van der Waals surface area contributed by atoms with E-state index in [0.29, 0.717) is 35.0 Å². The zero-order chi connectivity index (χ0) is 32.3. The SMILES string of the molecule is C=Cc1cc(OOCc2ccc(OOCc3ccc(C)cc3)cc2)cc(OC(=O)c2ccc(OC(=O)c3ccc(C)cc3)cc2)c1. The van der Waals surface area contributed by atoms with Gasteiger partial charge < -0.3 is 19.2 Å². The Bertz CT molecular complexity index is 1780. The third-order valence-corrected chi connectivity index (χ3v) is 6.74. The van der Waals surface area contributed by atoms with Crippen molar-refractivity contribution in [2.45, 2.75) is 27.1 Å². The second kappa shape index (κ2) is 15.3. The van der Waals surface area contributed by atoms with E-state index in [4.69, 9.17) is 29.0 Å². The van der Waals surface area contributed by atoms with Crippen molar-refractivity contribution in [2.24, 2.45) is 0 Å². The molecule has 0 aromatic heterocycles. The standard InChI is InChI=1S/C38H32O8/c1-4-28-21-35(44-38(40)32-15-19-33(20-16-32)43-37(39)31-13-7-27(3)8-14-31)23-36(22-28)46-42-25-30-11-17-34(18-12-30)45-41-24-29-9-5-26(2)6-10-29/h4-23H,1,24-25H2,2-3H3. The monoisotopic (exact) mass is 616 g/mol. The molecule has 0 fully saturated rings.